The number of nitrogens with zero attached hydrogens (tertiary/aromatic N) is 3. The van der Waals surface area contributed by atoms with Crippen molar-refractivity contribution >= 4 is 45.7 Å². The number of amides is 2. The van der Waals surface area contributed by atoms with Gasteiger partial charge in [0.2, 0.25) is 16.9 Å². The van der Waals surface area contributed by atoms with Gasteiger partial charge in [0.15, 0.2) is 0 Å². The van der Waals surface area contributed by atoms with Gasteiger partial charge >= 0.3 is 0 Å². The van der Waals surface area contributed by atoms with Crippen molar-refractivity contribution in [2.75, 3.05) is 22.5 Å². The zero-order valence-corrected chi connectivity index (χ0v) is 13.5. The van der Waals surface area contributed by atoms with Crippen LogP contribution < -0.4 is 10.2 Å². The van der Waals surface area contributed by atoms with E-state index in [1.165, 1.54) is 11.3 Å². The maximum Gasteiger partial charge on any atom is 0.246 e. The summed E-state index contributed by atoms with van der Waals surface area (Å²) in [6.45, 7) is 1.80. The number of carbonyl (C=O) groups is 2. The van der Waals surface area contributed by atoms with Gasteiger partial charge in [-0.3, -0.25) is 14.9 Å². The van der Waals surface area contributed by atoms with E-state index in [-0.39, 0.29) is 18.4 Å². The Labute approximate surface area is 135 Å². The van der Waals surface area contributed by atoms with Crippen LogP contribution in [0, 0.1) is 6.92 Å². The summed E-state index contributed by atoms with van der Waals surface area (Å²) < 4.78 is 0. The summed E-state index contributed by atoms with van der Waals surface area (Å²) in [7, 11) is 0. The molecule has 2 aromatic rings. The smallest absolute Gasteiger partial charge is 0.246 e. The van der Waals surface area contributed by atoms with Crippen LogP contribution in [-0.2, 0) is 9.59 Å². The van der Waals surface area contributed by atoms with Crippen molar-refractivity contribution in [2.24, 2.45) is 0 Å². The molecule has 1 aliphatic rings. The maximum absolute atomic E-state index is 12.3. The second-order valence-electron chi connectivity index (χ2n) is 4.72. The third kappa shape index (κ3) is 3.28. The Kier molecular flexibility index (Phi) is 4.39. The summed E-state index contributed by atoms with van der Waals surface area (Å²) >= 11 is 2.94. The molecule has 0 saturated carbocycles. The van der Waals surface area contributed by atoms with Crippen molar-refractivity contribution in [2.45, 2.75) is 18.2 Å². The molecule has 0 radical (unpaired) electrons. The fourth-order valence-electron chi connectivity index (χ4n) is 2.14. The van der Waals surface area contributed by atoms with Gasteiger partial charge in [-0.15, -0.1) is 22.0 Å². The number of anilines is 2. The lowest BCUT2D eigenvalue weighted by atomic mass is 10.2. The zero-order chi connectivity index (χ0) is 15.5. The van der Waals surface area contributed by atoms with Crippen LogP contribution in [0.3, 0.4) is 0 Å². The van der Waals surface area contributed by atoms with Gasteiger partial charge in [0.05, 0.1) is 5.69 Å². The molecule has 1 aromatic carbocycles. The zero-order valence-electron chi connectivity index (χ0n) is 11.9. The number of fused-ring (bicyclic) bond motifs is 1. The lowest BCUT2D eigenvalue weighted by Crippen LogP contribution is -2.37. The van der Waals surface area contributed by atoms with E-state index in [0.29, 0.717) is 11.6 Å². The SMILES string of the molecule is Cc1nnc(NC(=O)CN2C(=O)CCSc3ccccc32)s1. The van der Waals surface area contributed by atoms with E-state index in [2.05, 4.69) is 15.5 Å². The fourth-order valence-corrected chi connectivity index (χ4v) is 3.75. The average Bonchev–Trinajstić information content (AvgIpc) is 2.83. The van der Waals surface area contributed by atoms with Crippen molar-refractivity contribution in [3.05, 3.63) is 29.3 Å². The van der Waals surface area contributed by atoms with E-state index in [0.717, 1.165) is 21.3 Å². The van der Waals surface area contributed by atoms with Gasteiger partial charge in [0.1, 0.15) is 11.6 Å². The molecule has 0 bridgehead atoms. The second kappa shape index (κ2) is 6.45. The highest BCUT2D eigenvalue weighted by Gasteiger charge is 2.24. The summed E-state index contributed by atoms with van der Waals surface area (Å²) in [5.41, 5.74) is 0.790. The predicted molar refractivity (Wildman–Crippen MR) is 87.4 cm³/mol. The Bertz CT molecular complexity index is 716. The lowest BCUT2D eigenvalue weighted by molar-refractivity contribution is -0.121. The van der Waals surface area contributed by atoms with Gasteiger partial charge in [-0.25, -0.2) is 0 Å². The first-order valence-corrected chi connectivity index (χ1v) is 8.56. The number of para-hydroxylation sites is 1. The van der Waals surface area contributed by atoms with E-state index < -0.39 is 0 Å². The van der Waals surface area contributed by atoms with Crippen molar-refractivity contribution in [3.63, 3.8) is 0 Å². The molecule has 0 saturated heterocycles. The Morgan fingerprint density at radius 3 is 2.95 bits per heavy atom. The number of rotatable bonds is 3. The minimum atomic E-state index is -0.272. The molecule has 114 valence electrons. The molecular formula is C14H14N4O2S2. The third-order valence-corrected chi connectivity index (χ3v) is 4.92. The van der Waals surface area contributed by atoms with Gasteiger partial charge in [0, 0.05) is 17.1 Å². The van der Waals surface area contributed by atoms with E-state index in [4.69, 9.17) is 0 Å². The molecule has 3 rings (SSSR count). The summed E-state index contributed by atoms with van der Waals surface area (Å²) in [5.74, 6) is 0.413. The van der Waals surface area contributed by atoms with Crippen LogP contribution in [-0.4, -0.2) is 34.3 Å². The minimum Gasteiger partial charge on any atom is -0.302 e. The predicted octanol–water partition coefficient (Wildman–Crippen LogP) is 2.31. The molecule has 2 amide bonds. The molecule has 2 heterocycles. The molecule has 8 heteroatoms. The van der Waals surface area contributed by atoms with Crippen LogP contribution in [0.4, 0.5) is 10.8 Å². The number of hydrogen-bond donors (Lipinski definition) is 1. The summed E-state index contributed by atoms with van der Waals surface area (Å²) in [5, 5.41) is 11.6. The van der Waals surface area contributed by atoms with Crippen LogP contribution in [0.1, 0.15) is 11.4 Å². The Morgan fingerprint density at radius 2 is 2.18 bits per heavy atom. The Morgan fingerprint density at radius 1 is 1.36 bits per heavy atom. The average molecular weight is 334 g/mol. The lowest BCUT2D eigenvalue weighted by Gasteiger charge is -2.21. The highest BCUT2D eigenvalue weighted by molar-refractivity contribution is 7.99. The Balaban J connectivity index is 1.77. The normalized spacial score (nSPS) is 14.4. The number of nitrogens with one attached hydrogen (secondary N) is 1. The second-order valence-corrected chi connectivity index (χ2v) is 7.04. The molecule has 0 unspecified atom stereocenters. The molecule has 1 aliphatic heterocycles. The first-order chi connectivity index (χ1) is 10.6. The molecule has 1 N–H and O–H groups in total. The highest BCUT2D eigenvalue weighted by atomic mass is 32.2. The molecule has 0 fully saturated rings. The van der Waals surface area contributed by atoms with Crippen LogP contribution in [0.2, 0.25) is 0 Å². The minimum absolute atomic E-state index is 0.0188. The molecule has 22 heavy (non-hydrogen) atoms. The Hall–Kier alpha value is -1.93. The van der Waals surface area contributed by atoms with Crippen molar-refractivity contribution in [1.82, 2.24) is 10.2 Å². The summed E-state index contributed by atoms with van der Waals surface area (Å²) in [6.07, 6.45) is 0.421. The van der Waals surface area contributed by atoms with Crippen molar-refractivity contribution in [1.29, 1.82) is 0 Å². The van der Waals surface area contributed by atoms with Crippen LogP contribution in [0.25, 0.3) is 0 Å². The van der Waals surface area contributed by atoms with Gasteiger partial charge in [-0.1, -0.05) is 23.5 Å². The van der Waals surface area contributed by atoms with Crippen molar-refractivity contribution < 1.29 is 9.59 Å². The van der Waals surface area contributed by atoms with Gasteiger partial charge in [0.25, 0.3) is 0 Å². The number of aryl methyl sites for hydroxylation is 1. The van der Waals surface area contributed by atoms with Gasteiger partial charge in [-0.2, -0.15) is 0 Å². The number of benzene rings is 1. The number of hydrogen-bond acceptors (Lipinski definition) is 6. The van der Waals surface area contributed by atoms with Crippen LogP contribution >= 0.6 is 23.1 Å². The topological polar surface area (TPSA) is 75.2 Å². The van der Waals surface area contributed by atoms with E-state index in [1.807, 2.05) is 31.2 Å². The van der Waals surface area contributed by atoms with Gasteiger partial charge in [-0.05, 0) is 19.1 Å². The highest BCUT2D eigenvalue weighted by Crippen LogP contribution is 2.33. The summed E-state index contributed by atoms with van der Waals surface area (Å²) in [6, 6.07) is 7.65. The van der Waals surface area contributed by atoms with Crippen LogP contribution in [0.5, 0.6) is 0 Å². The fraction of sp³-hybridized carbons (Fsp3) is 0.286. The first kappa shape index (κ1) is 15.0. The number of aromatic nitrogens is 2. The summed E-state index contributed by atoms with van der Waals surface area (Å²) in [4.78, 5) is 27.0. The monoisotopic (exact) mass is 334 g/mol. The van der Waals surface area contributed by atoms with E-state index in [9.17, 15) is 9.59 Å². The largest absolute Gasteiger partial charge is 0.302 e. The molecule has 6 nitrogen and oxygen atoms in total. The maximum atomic E-state index is 12.3. The number of thioether (sulfide) groups is 1. The van der Waals surface area contributed by atoms with Crippen molar-refractivity contribution in [3.8, 4) is 0 Å². The van der Waals surface area contributed by atoms with Crippen LogP contribution in [0.15, 0.2) is 29.2 Å². The van der Waals surface area contributed by atoms with Gasteiger partial charge < -0.3 is 4.90 Å². The standard InChI is InChI=1S/C14H14N4O2S2/c1-9-16-17-14(22-9)15-12(19)8-18-10-4-2-3-5-11(10)21-7-6-13(18)20/h2-5H,6-8H2,1H3,(H,15,17,19). The molecule has 0 aliphatic carbocycles. The molecular weight excluding hydrogens is 320 g/mol. The quantitative estimate of drug-likeness (QED) is 0.932. The number of carbonyl (C=O) groups excluding carboxylic acids is 2. The van der Waals surface area contributed by atoms with E-state index in [1.54, 1.807) is 16.7 Å². The van der Waals surface area contributed by atoms with E-state index >= 15 is 0 Å². The third-order valence-electron chi connectivity index (χ3n) is 3.10. The molecule has 0 atom stereocenters. The molecule has 1 aromatic heterocycles. The first-order valence-electron chi connectivity index (χ1n) is 6.75. The molecule has 0 spiro atoms.